The van der Waals surface area contributed by atoms with Gasteiger partial charge in [-0.2, -0.15) is 13.2 Å². The van der Waals surface area contributed by atoms with Crippen LogP contribution in [0, 0.1) is 0 Å². The number of hydrogen-bond donors (Lipinski definition) is 2. The molecule has 0 fully saturated rings. The Balaban J connectivity index is 1.89. The van der Waals surface area contributed by atoms with Crippen LogP contribution in [-0.2, 0) is 0 Å². The number of fused-ring (bicyclic) bond motifs is 1. The summed E-state index contributed by atoms with van der Waals surface area (Å²) in [4.78, 5) is 14.7. The zero-order valence-electron chi connectivity index (χ0n) is 10.1. The Hall–Kier alpha value is -1.98. The third-order valence-corrected chi connectivity index (χ3v) is 2.74. The normalized spacial score (nSPS) is 11.7. The molecule has 0 aliphatic carbocycles. The lowest BCUT2D eigenvalue weighted by molar-refractivity contribution is -0.135. The van der Waals surface area contributed by atoms with E-state index in [2.05, 4.69) is 10.3 Å². The van der Waals surface area contributed by atoms with Crippen molar-refractivity contribution in [1.29, 1.82) is 0 Å². The molecule has 0 aliphatic rings. The molecule has 0 aliphatic heterocycles. The van der Waals surface area contributed by atoms with Crippen molar-refractivity contribution in [3.05, 3.63) is 36.0 Å². The summed E-state index contributed by atoms with van der Waals surface area (Å²) < 4.78 is 35.8. The van der Waals surface area contributed by atoms with Crippen molar-refractivity contribution in [2.75, 3.05) is 6.54 Å². The van der Waals surface area contributed by atoms with E-state index in [0.717, 1.165) is 10.9 Å². The van der Waals surface area contributed by atoms with Crippen molar-refractivity contribution in [1.82, 2.24) is 10.3 Å². The predicted octanol–water partition coefficient (Wildman–Crippen LogP) is 3.24. The van der Waals surface area contributed by atoms with E-state index in [1.165, 1.54) is 0 Å². The van der Waals surface area contributed by atoms with Gasteiger partial charge < -0.3 is 10.3 Å². The van der Waals surface area contributed by atoms with E-state index in [1.54, 1.807) is 24.4 Å². The maximum absolute atomic E-state index is 11.9. The number of alkyl halides is 3. The fraction of sp³-hybridized carbons (Fsp3) is 0.308. The van der Waals surface area contributed by atoms with E-state index in [1.807, 2.05) is 6.07 Å². The molecule has 2 aromatic rings. The van der Waals surface area contributed by atoms with E-state index in [0.29, 0.717) is 5.56 Å². The first kappa shape index (κ1) is 13.5. The zero-order valence-corrected chi connectivity index (χ0v) is 10.1. The lowest BCUT2D eigenvalue weighted by Gasteiger charge is -2.07. The first-order valence-corrected chi connectivity index (χ1v) is 5.88. The maximum Gasteiger partial charge on any atom is 0.389 e. The Morgan fingerprint density at radius 2 is 2.05 bits per heavy atom. The molecule has 0 atom stereocenters. The van der Waals surface area contributed by atoms with Crippen LogP contribution in [0.1, 0.15) is 23.2 Å². The highest BCUT2D eigenvalue weighted by Gasteiger charge is 2.25. The summed E-state index contributed by atoms with van der Waals surface area (Å²) in [6, 6.07) is 6.99. The van der Waals surface area contributed by atoms with Gasteiger partial charge in [0.05, 0.1) is 0 Å². The number of hydrogen-bond acceptors (Lipinski definition) is 1. The van der Waals surface area contributed by atoms with E-state index in [9.17, 15) is 18.0 Å². The number of amides is 1. The Labute approximate surface area is 107 Å². The molecule has 0 saturated heterocycles. The molecule has 0 bridgehead atoms. The van der Waals surface area contributed by atoms with Crippen LogP contribution in [0.15, 0.2) is 30.5 Å². The van der Waals surface area contributed by atoms with E-state index < -0.39 is 12.6 Å². The van der Waals surface area contributed by atoms with Crippen LogP contribution in [-0.4, -0.2) is 23.6 Å². The topological polar surface area (TPSA) is 44.9 Å². The highest BCUT2D eigenvalue weighted by atomic mass is 19.4. The van der Waals surface area contributed by atoms with E-state index in [-0.39, 0.29) is 18.9 Å². The molecule has 19 heavy (non-hydrogen) atoms. The number of benzene rings is 1. The summed E-state index contributed by atoms with van der Waals surface area (Å²) in [5.41, 5.74) is 1.25. The average Bonchev–Trinajstić information content (AvgIpc) is 2.80. The summed E-state index contributed by atoms with van der Waals surface area (Å²) in [6.45, 7) is 0.0150. The number of carbonyl (C=O) groups excluding carboxylic acids is 1. The summed E-state index contributed by atoms with van der Waals surface area (Å²) in [5.74, 6) is -0.362. The van der Waals surface area contributed by atoms with Gasteiger partial charge in [-0.05, 0) is 30.0 Å². The molecule has 0 saturated carbocycles. The number of rotatable bonds is 4. The second-order valence-corrected chi connectivity index (χ2v) is 4.25. The van der Waals surface area contributed by atoms with Crippen LogP contribution in [0.4, 0.5) is 13.2 Å². The number of nitrogens with one attached hydrogen (secondary N) is 2. The van der Waals surface area contributed by atoms with Gasteiger partial charge >= 0.3 is 6.18 Å². The van der Waals surface area contributed by atoms with Crippen molar-refractivity contribution in [3.63, 3.8) is 0 Å². The Morgan fingerprint density at radius 1 is 1.26 bits per heavy atom. The van der Waals surface area contributed by atoms with Crippen LogP contribution in [0.25, 0.3) is 10.9 Å². The van der Waals surface area contributed by atoms with Crippen LogP contribution < -0.4 is 5.32 Å². The van der Waals surface area contributed by atoms with Gasteiger partial charge in [-0.25, -0.2) is 0 Å². The van der Waals surface area contributed by atoms with Gasteiger partial charge in [0.25, 0.3) is 5.91 Å². The molecule has 1 heterocycles. The first-order valence-electron chi connectivity index (χ1n) is 5.88. The fourth-order valence-corrected chi connectivity index (χ4v) is 1.78. The molecule has 3 nitrogen and oxygen atoms in total. The maximum atomic E-state index is 11.9. The lowest BCUT2D eigenvalue weighted by Crippen LogP contribution is -2.25. The number of aromatic nitrogens is 1. The van der Waals surface area contributed by atoms with Gasteiger partial charge in [0.1, 0.15) is 0 Å². The van der Waals surface area contributed by atoms with Crippen molar-refractivity contribution in [2.45, 2.75) is 19.0 Å². The molecule has 1 amide bonds. The third-order valence-electron chi connectivity index (χ3n) is 2.74. The largest absolute Gasteiger partial charge is 0.389 e. The quantitative estimate of drug-likeness (QED) is 0.823. The fourth-order valence-electron chi connectivity index (χ4n) is 1.78. The van der Waals surface area contributed by atoms with Gasteiger partial charge in [-0.15, -0.1) is 0 Å². The van der Waals surface area contributed by atoms with Gasteiger partial charge in [-0.1, -0.05) is 6.07 Å². The summed E-state index contributed by atoms with van der Waals surface area (Å²) in [6.07, 6.45) is -3.41. The summed E-state index contributed by atoms with van der Waals surface area (Å²) >= 11 is 0. The molecule has 1 aromatic carbocycles. The van der Waals surface area contributed by atoms with Crippen LogP contribution in [0.2, 0.25) is 0 Å². The van der Waals surface area contributed by atoms with Crippen molar-refractivity contribution < 1.29 is 18.0 Å². The second kappa shape index (κ2) is 5.34. The number of aromatic amines is 1. The minimum Gasteiger partial charge on any atom is -0.361 e. The molecule has 0 unspecified atom stereocenters. The lowest BCUT2D eigenvalue weighted by atomic mass is 10.1. The number of H-pyrrole nitrogens is 1. The number of halogens is 3. The average molecular weight is 270 g/mol. The van der Waals surface area contributed by atoms with Crippen LogP contribution in [0.3, 0.4) is 0 Å². The zero-order chi connectivity index (χ0) is 13.9. The number of carbonyl (C=O) groups is 1. The van der Waals surface area contributed by atoms with Gasteiger partial charge in [0, 0.05) is 30.2 Å². The van der Waals surface area contributed by atoms with Crippen molar-refractivity contribution >= 4 is 16.8 Å². The standard InChI is InChI=1S/C13H13F3N2O/c14-13(15,16)5-1-6-18-12(19)10-3-2-9-4-7-17-11(9)8-10/h2-4,7-8,17H,1,5-6H2,(H,18,19). The molecule has 0 radical (unpaired) electrons. The molecule has 0 spiro atoms. The summed E-state index contributed by atoms with van der Waals surface area (Å²) in [7, 11) is 0. The van der Waals surface area contributed by atoms with Crippen LogP contribution >= 0.6 is 0 Å². The minimum absolute atomic E-state index is 0.0150. The van der Waals surface area contributed by atoms with Gasteiger partial charge in [0.2, 0.25) is 0 Å². The Kier molecular flexibility index (Phi) is 3.78. The van der Waals surface area contributed by atoms with Crippen molar-refractivity contribution in [3.8, 4) is 0 Å². The van der Waals surface area contributed by atoms with Gasteiger partial charge in [0.15, 0.2) is 0 Å². The molecule has 1 aromatic heterocycles. The highest BCUT2D eigenvalue weighted by Crippen LogP contribution is 2.20. The minimum atomic E-state index is -4.17. The predicted molar refractivity (Wildman–Crippen MR) is 65.9 cm³/mol. The third kappa shape index (κ3) is 3.74. The molecule has 102 valence electrons. The molecule has 6 heteroatoms. The highest BCUT2D eigenvalue weighted by molar-refractivity contribution is 5.97. The van der Waals surface area contributed by atoms with Crippen molar-refractivity contribution in [2.24, 2.45) is 0 Å². The smallest absolute Gasteiger partial charge is 0.361 e. The van der Waals surface area contributed by atoms with Gasteiger partial charge in [-0.3, -0.25) is 4.79 Å². The van der Waals surface area contributed by atoms with Crippen LogP contribution in [0.5, 0.6) is 0 Å². The van der Waals surface area contributed by atoms with E-state index in [4.69, 9.17) is 0 Å². The Morgan fingerprint density at radius 3 is 2.79 bits per heavy atom. The Bertz CT molecular complexity index is 575. The summed E-state index contributed by atoms with van der Waals surface area (Å²) in [5, 5.41) is 3.46. The first-order chi connectivity index (χ1) is 8.96. The molecular weight excluding hydrogens is 257 g/mol. The van der Waals surface area contributed by atoms with E-state index >= 15 is 0 Å². The second-order valence-electron chi connectivity index (χ2n) is 4.25. The monoisotopic (exact) mass is 270 g/mol. The molecule has 2 N–H and O–H groups in total. The SMILES string of the molecule is O=C(NCCCC(F)(F)F)c1ccc2cc[nH]c2c1. The molecule has 2 rings (SSSR count). The molecular formula is C13H13F3N2O.